The van der Waals surface area contributed by atoms with Gasteiger partial charge in [-0.15, -0.1) is 11.8 Å². The lowest BCUT2D eigenvalue weighted by atomic mass is 10.1. The van der Waals surface area contributed by atoms with Crippen molar-refractivity contribution in [1.82, 2.24) is 10.6 Å². The lowest BCUT2D eigenvalue weighted by molar-refractivity contribution is -0.125. The molecule has 3 rings (SSSR count). The Morgan fingerprint density at radius 3 is 2.63 bits per heavy atom. The highest BCUT2D eigenvalue weighted by molar-refractivity contribution is 7.99. The number of thioether (sulfide) groups is 1. The predicted octanol–water partition coefficient (Wildman–Crippen LogP) is 2.69. The molecule has 0 spiro atoms. The third-order valence-electron chi connectivity index (χ3n) is 3.95. The van der Waals surface area contributed by atoms with E-state index in [9.17, 15) is 14.4 Å². The van der Waals surface area contributed by atoms with Crippen molar-refractivity contribution in [1.29, 1.82) is 0 Å². The van der Waals surface area contributed by atoms with Gasteiger partial charge in [-0.1, -0.05) is 23.7 Å². The lowest BCUT2D eigenvalue weighted by Gasteiger charge is -2.14. The molecular weight excluding hydrogens is 386 g/mol. The van der Waals surface area contributed by atoms with Gasteiger partial charge < -0.3 is 16.0 Å². The number of anilines is 1. The molecule has 8 heteroatoms. The number of hydrogen-bond donors (Lipinski definition) is 3. The average Bonchev–Trinajstić information content (AvgIpc) is 2.77. The number of carbonyl (C=O) groups is 3. The summed E-state index contributed by atoms with van der Waals surface area (Å²) in [4.78, 5) is 37.7. The molecule has 3 N–H and O–H groups in total. The highest BCUT2D eigenvalue weighted by atomic mass is 35.5. The van der Waals surface area contributed by atoms with Crippen molar-refractivity contribution in [2.45, 2.75) is 17.4 Å². The number of hydrogen-bond acceptors (Lipinski definition) is 4. The fraction of sp³-hybridized carbons (Fsp3) is 0.211. The van der Waals surface area contributed by atoms with Crippen LogP contribution in [0.3, 0.4) is 0 Å². The molecule has 1 heterocycles. The van der Waals surface area contributed by atoms with E-state index in [1.54, 1.807) is 36.0 Å². The largest absolute Gasteiger partial charge is 0.355 e. The number of benzene rings is 2. The average molecular weight is 404 g/mol. The first-order valence-corrected chi connectivity index (χ1v) is 9.75. The number of halogens is 1. The van der Waals surface area contributed by atoms with Gasteiger partial charge in [-0.2, -0.15) is 0 Å². The number of nitrogens with one attached hydrogen (secondary N) is 3. The number of rotatable bonds is 6. The van der Waals surface area contributed by atoms with Gasteiger partial charge in [0.1, 0.15) is 6.04 Å². The maximum absolute atomic E-state index is 12.3. The first-order valence-electron chi connectivity index (χ1n) is 8.39. The molecule has 0 aromatic heterocycles. The van der Waals surface area contributed by atoms with E-state index in [0.717, 1.165) is 4.90 Å². The lowest BCUT2D eigenvalue weighted by Crippen LogP contribution is -2.44. The van der Waals surface area contributed by atoms with Crippen LogP contribution in [0.1, 0.15) is 16.8 Å². The maximum atomic E-state index is 12.3. The summed E-state index contributed by atoms with van der Waals surface area (Å²) in [5, 5.41) is 8.74. The molecule has 0 radical (unpaired) electrons. The molecule has 2 aromatic rings. The Kier molecular flexibility index (Phi) is 6.36. The quantitative estimate of drug-likeness (QED) is 0.511. The minimum Gasteiger partial charge on any atom is -0.355 e. The summed E-state index contributed by atoms with van der Waals surface area (Å²) in [6.45, 7) is 0.453. The Bertz CT molecular complexity index is 858. The highest BCUT2D eigenvalue weighted by Gasteiger charge is 2.29. The van der Waals surface area contributed by atoms with E-state index in [-0.39, 0.29) is 18.2 Å². The van der Waals surface area contributed by atoms with Crippen molar-refractivity contribution < 1.29 is 14.4 Å². The summed E-state index contributed by atoms with van der Waals surface area (Å²) in [5.74, 6) is -0.390. The van der Waals surface area contributed by atoms with E-state index < -0.39 is 11.9 Å². The van der Waals surface area contributed by atoms with Gasteiger partial charge in [0.25, 0.3) is 5.91 Å². The van der Waals surface area contributed by atoms with Crippen LogP contribution in [0.2, 0.25) is 5.02 Å². The normalized spacial score (nSPS) is 16.0. The Hall–Kier alpha value is -2.51. The zero-order valence-electron chi connectivity index (χ0n) is 14.3. The van der Waals surface area contributed by atoms with Crippen molar-refractivity contribution in [3.05, 3.63) is 59.1 Å². The van der Waals surface area contributed by atoms with Crippen molar-refractivity contribution in [2.24, 2.45) is 0 Å². The molecule has 0 bridgehead atoms. The zero-order chi connectivity index (χ0) is 19.2. The van der Waals surface area contributed by atoms with Gasteiger partial charge >= 0.3 is 0 Å². The van der Waals surface area contributed by atoms with Crippen molar-refractivity contribution in [2.75, 3.05) is 17.6 Å². The van der Waals surface area contributed by atoms with E-state index >= 15 is 0 Å². The number of fused-ring (bicyclic) bond motifs is 1. The fourth-order valence-corrected chi connectivity index (χ4v) is 3.50. The Morgan fingerprint density at radius 1 is 1.11 bits per heavy atom. The molecule has 0 saturated heterocycles. The smallest absolute Gasteiger partial charge is 0.254 e. The second-order valence-corrected chi connectivity index (χ2v) is 7.52. The van der Waals surface area contributed by atoms with Crippen molar-refractivity contribution in [3.8, 4) is 0 Å². The van der Waals surface area contributed by atoms with Crippen LogP contribution in [0, 0.1) is 0 Å². The van der Waals surface area contributed by atoms with Crippen molar-refractivity contribution >= 4 is 46.8 Å². The maximum Gasteiger partial charge on any atom is 0.254 e. The van der Waals surface area contributed by atoms with E-state index in [0.29, 0.717) is 28.6 Å². The SMILES string of the molecule is O=C(CC1NC(=O)c2ccccc2NC1=O)NCCSc1ccc(Cl)cc1. The second-order valence-electron chi connectivity index (χ2n) is 5.92. The summed E-state index contributed by atoms with van der Waals surface area (Å²) in [6.07, 6.45) is -0.114. The predicted molar refractivity (Wildman–Crippen MR) is 106 cm³/mol. The molecule has 1 aliphatic heterocycles. The molecule has 0 aliphatic carbocycles. The number of carbonyl (C=O) groups excluding carboxylic acids is 3. The van der Waals surface area contributed by atoms with Crippen molar-refractivity contribution in [3.63, 3.8) is 0 Å². The van der Waals surface area contributed by atoms with Gasteiger partial charge in [-0.05, 0) is 36.4 Å². The molecule has 2 aromatic carbocycles. The molecule has 1 unspecified atom stereocenters. The molecule has 3 amide bonds. The number of amides is 3. The Balaban J connectivity index is 1.47. The van der Waals surface area contributed by atoms with Gasteiger partial charge in [0, 0.05) is 22.2 Å². The van der Waals surface area contributed by atoms with Crippen LogP contribution >= 0.6 is 23.4 Å². The first kappa shape index (κ1) is 19.3. The van der Waals surface area contributed by atoms with Gasteiger partial charge in [-0.3, -0.25) is 14.4 Å². The summed E-state index contributed by atoms with van der Waals surface area (Å²) in [7, 11) is 0. The summed E-state index contributed by atoms with van der Waals surface area (Å²) in [6, 6.07) is 13.3. The van der Waals surface area contributed by atoms with Gasteiger partial charge in [-0.25, -0.2) is 0 Å². The summed E-state index contributed by atoms with van der Waals surface area (Å²) in [5.41, 5.74) is 0.829. The molecule has 1 atom stereocenters. The molecule has 27 heavy (non-hydrogen) atoms. The minimum absolute atomic E-state index is 0.114. The van der Waals surface area contributed by atoms with E-state index in [1.165, 1.54) is 0 Å². The van der Waals surface area contributed by atoms with Crippen LogP contribution in [0.25, 0.3) is 0 Å². The molecule has 0 saturated carbocycles. The standard InChI is InChI=1S/C19H18ClN3O3S/c20-12-5-7-13(8-6-12)27-10-9-21-17(24)11-16-19(26)22-15-4-2-1-3-14(15)18(25)23-16/h1-8,16H,9-11H2,(H,21,24)(H,22,26)(H,23,25). The minimum atomic E-state index is -0.909. The zero-order valence-corrected chi connectivity index (χ0v) is 15.9. The molecule has 0 fully saturated rings. The second kappa shape index (κ2) is 8.92. The van der Waals surface area contributed by atoms with E-state index in [4.69, 9.17) is 11.6 Å². The van der Waals surface area contributed by atoms with E-state index in [1.807, 2.05) is 24.3 Å². The molecule has 140 valence electrons. The highest BCUT2D eigenvalue weighted by Crippen LogP contribution is 2.20. The summed E-state index contributed by atoms with van der Waals surface area (Å²) >= 11 is 7.43. The molecule has 1 aliphatic rings. The van der Waals surface area contributed by atoms with Gasteiger partial charge in [0.2, 0.25) is 11.8 Å². The first-order chi connectivity index (χ1) is 13.0. The third-order valence-corrected chi connectivity index (χ3v) is 5.21. The van der Waals surface area contributed by atoms with Crippen LogP contribution < -0.4 is 16.0 Å². The van der Waals surface area contributed by atoms with Gasteiger partial charge in [0.15, 0.2) is 0 Å². The van der Waals surface area contributed by atoms with E-state index in [2.05, 4.69) is 16.0 Å². The third kappa shape index (κ3) is 5.24. The fourth-order valence-electron chi connectivity index (χ4n) is 2.60. The van der Waals surface area contributed by atoms with Crippen LogP contribution in [0.15, 0.2) is 53.4 Å². The van der Waals surface area contributed by atoms with Crippen LogP contribution in [0.5, 0.6) is 0 Å². The monoisotopic (exact) mass is 403 g/mol. The molecular formula is C19H18ClN3O3S. The Morgan fingerprint density at radius 2 is 1.85 bits per heavy atom. The topological polar surface area (TPSA) is 87.3 Å². The van der Waals surface area contributed by atoms with Crippen LogP contribution in [-0.2, 0) is 9.59 Å². The summed E-state index contributed by atoms with van der Waals surface area (Å²) < 4.78 is 0. The van der Waals surface area contributed by atoms with Crippen LogP contribution in [0.4, 0.5) is 5.69 Å². The molecule has 6 nitrogen and oxygen atoms in total. The van der Waals surface area contributed by atoms with Crippen LogP contribution in [-0.4, -0.2) is 36.1 Å². The number of para-hydroxylation sites is 1. The van der Waals surface area contributed by atoms with Gasteiger partial charge in [0.05, 0.1) is 17.7 Å². The Labute approximate surface area is 166 Å².